The summed E-state index contributed by atoms with van der Waals surface area (Å²) in [5, 5.41) is 2.92. The van der Waals surface area contributed by atoms with Crippen molar-refractivity contribution in [1.82, 2.24) is 9.97 Å². The summed E-state index contributed by atoms with van der Waals surface area (Å²) in [6.07, 6.45) is 3.69. The van der Waals surface area contributed by atoms with Crippen LogP contribution in [0.25, 0.3) is 10.6 Å². The molecular weight excluding hydrogens is 330 g/mol. The molecule has 0 atom stereocenters. The number of pyridine rings is 2. The van der Waals surface area contributed by atoms with E-state index in [0.29, 0.717) is 10.0 Å². The summed E-state index contributed by atoms with van der Waals surface area (Å²) in [6, 6.07) is 11.1. The minimum absolute atomic E-state index is 0.104. The SMILES string of the molecule is Cc1ccc(CC(=O)Nc2cccnc2-c2ccc(Cl)s2)cn1. The third kappa shape index (κ3) is 3.94. The second kappa shape index (κ2) is 6.89. The molecular formula is C17H14ClN3OS. The lowest BCUT2D eigenvalue weighted by atomic mass is 10.2. The minimum atomic E-state index is -0.104. The van der Waals surface area contributed by atoms with Gasteiger partial charge in [0.2, 0.25) is 5.91 Å². The third-order valence-corrected chi connectivity index (χ3v) is 4.46. The van der Waals surface area contributed by atoms with E-state index in [2.05, 4.69) is 15.3 Å². The van der Waals surface area contributed by atoms with Crippen LogP contribution in [0.5, 0.6) is 0 Å². The molecule has 0 fully saturated rings. The number of carbonyl (C=O) groups excluding carboxylic acids is 1. The van der Waals surface area contributed by atoms with Gasteiger partial charge in [0.15, 0.2) is 0 Å². The molecule has 0 bridgehead atoms. The standard InChI is InChI=1S/C17H14ClN3OS/c1-11-4-5-12(10-20-11)9-16(22)21-13-3-2-8-19-17(13)14-6-7-15(18)23-14/h2-8,10H,9H2,1H3,(H,21,22). The van der Waals surface area contributed by atoms with Crippen molar-refractivity contribution in [2.24, 2.45) is 0 Å². The number of amides is 1. The zero-order valence-corrected chi connectivity index (χ0v) is 14.0. The van der Waals surface area contributed by atoms with Crippen LogP contribution in [0, 0.1) is 6.92 Å². The number of nitrogens with one attached hydrogen (secondary N) is 1. The van der Waals surface area contributed by atoms with Crippen LogP contribution in [0.1, 0.15) is 11.3 Å². The number of anilines is 1. The predicted octanol–water partition coefficient (Wildman–Crippen LogP) is 4.35. The van der Waals surface area contributed by atoms with Crippen LogP contribution < -0.4 is 5.32 Å². The summed E-state index contributed by atoms with van der Waals surface area (Å²) >= 11 is 7.41. The second-order valence-electron chi connectivity index (χ2n) is 5.04. The van der Waals surface area contributed by atoms with E-state index in [1.807, 2.05) is 37.3 Å². The maximum Gasteiger partial charge on any atom is 0.228 e. The largest absolute Gasteiger partial charge is 0.324 e. The Kier molecular flexibility index (Phi) is 4.69. The van der Waals surface area contributed by atoms with Crippen LogP contribution >= 0.6 is 22.9 Å². The minimum Gasteiger partial charge on any atom is -0.324 e. The molecule has 1 N–H and O–H groups in total. The number of carbonyl (C=O) groups is 1. The zero-order valence-electron chi connectivity index (χ0n) is 12.4. The number of hydrogen-bond donors (Lipinski definition) is 1. The molecule has 116 valence electrons. The number of hydrogen-bond acceptors (Lipinski definition) is 4. The fourth-order valence-corrected chi connectivity index (χ4v) is 3.18. The molecule has 0 aliphatic rings. The molecule has 23 heavy (non-hydrogen) atoms. The van der Waals surface area contributed by atoms with Crippen molar-refractivity contribution in [2.75, 3.05) is 5.32 Å². The summed E-state index contributed by atoms with van der Waals surface area (Å²) in [4.78, 5) is 21.7. The van der Waals surface area contributed by atoms with E-state index in [1.54, 1.807) is 18.5 Å². The van der Waals surface area contributed by atoms with Gasteiger partial charge in [0, 0.05) is 18.1 Å². The Balaban J connectivity index is 1.77. The van der Waals surface area contributed by atoms with Crippen molar-refractivity contribution in [3.8, 4) is 10.6 Å². The number of aromatic nitrogens is 2. The maximum atomic E-state index is 12.3. The van der Waals surface area contributed by atoms with E-state index >= 15 is 0 Å². The van der Waals surface area contributed by atoms with Gasteiger partial charge < -0.3 is 5.32 Å². The smallest absolute Gasteiger partial charge is 0.228 e. The Bertz CT molecular complexity index is 830. The molecule has 3 aromatic rings. The van der Waals surface area contributed by atoms with Crippen molar-refractivity contribution in [3.63, 3.8) is 0 Å². The van der Waals surface area contributed by atoms with Crippen LogP contribution in [0.2, 0.25) is 4.34 Å². The first-order valence-electron chi connectivity index (χ1n) is 7.04. The molecule has 0 aliphatic heterocycles. The maximum absolute atomic E-state index is 12.3. The monoisotopic (exact) mass is 343 g/mol. The van der Waals surface area contributed by atoms with Gasteiger partial charge in [-0.3, -0.25) is 14.8 Å². The van der Waals surface area contributed by atoms with Crippen LogP contribution in [0.3, 0.4) is 0 Å². The number of nitrogens with zero attached hydrogens (tertiary/aromatic N) is 2. The average molecular weight is 344 g/mol. The van der Waals surface area contributed by atoms with Gasteiger partial charge in [-0.15, -0.1) is 11.3 Å². The highest BCUT2D eigenvalue weighted by atomic mass is 35.5. The Morgan fingerprint density at radius 1 is 1.22 bits per heavy atom. The van der Waals surface area contributed by atoms with Gasteiger partial charge in [-0.25, -0.2) is 0 Å². The van der Waals surface area contributed by atoms with Crippen molar-refractivity contribution < 1.29 is 4.79 Å². The van der Waals surface area contributed by atoms with Gasteiger partial charge in [0.25, 0.3) is 0 Å². The van der Waals surface area contributed by atoms with Gasteiger partial charge in [-0.05, 0) is 42.8 Å². The molecule has 0 radical (unpaired) electrons. The Hall–Kier alpha value is -2.24. The number of halogens is 1. The van der Waals surface area contributed by atoms with Crippen molar-refractivity contribution in [3.05, 3.63) is 64.4 Å². The number of thiophene rings is 1. The molecule has 1 amide bonds. The lowest BCUT2D eigenvalue weighted by Gasteiger charge is -2.09. The van der Waals surface area contributed by atoms with Crippen molar-refractivity contribution in [2.45, 2.75) is 13.3 Å². The Morgan fingerprint density at radius 2 is 2.09 bits per heavy atom. The molecule has 3 rings (SSSR count). The summed E-state index contributed by atoms with van der Waals surface area (Å²) < 4.78 is 0.689. The van der Waals surface area contributed by atoms with Crippen molar-refractivity contribution in [1.29, 1.82) is 0 Å². The van der Waals surface area contributed by atoms with E-state index in [1.165, 1.54) is 11.3 Å². The second-order valence-corrected chi connectivity index (χ2v) is 6.75. The van der Waals surface area contributed by atoms with Gasteiger partial charge in [0.1, 0.15) is 5.69 Å². The van der Waals surface area contributed by atoms with Gasteiger partial charge in [0.05, 0.1) is 21.3 Å². The lowest BCUT2D eigenvalue weighted by Crippen LogP contribution is -2.15. The van der Waals surface area contributed by atoms with Crippen LogP contribution in [-0.2, 0) is 11.2 Å². The first-order chi connectivity index (χ1) is 11.1. The fourth-order valence-electron chi connectivity index (χ4n) is 2.13. The molecule has 3 aromatic heterocycles. The van der Waals surface area contributed by atoms with Gasteiger partial charge in [-0.1, -0.05) is 17.7 Å². The molecule has 0 unspecified atom stereocenters. The van der Waals surface area contributed by atoms with E-state index in [0.717, 1.165) is 21.8 Å². The number of aryl methyl sites for hydroxylation is 1. The van der Waals surface area contributed by atoms with E-state index in [-0.39, 0.29) is 12.3 Å². The van der Waals surface area contributed by atoms with Gasteiger partial charge in [-0.2, -0.15) is 0 Å². The average Bonchev–Trinajstić information content (AvgIpc) is 2.96. The molecule has 0 aromatic carbocycles. The summed E-state index contributed by atoms with van der Waals surface area (Å²) in [5.74, 6) is -0.104. The fraction of sp³-hybridized carbons (Fsp3) is 0.118. The molecule has 3 heterocycles. The lowest BCUT2D eigenvalue weighted by molar-refractivity contribution is -0.115. The van der Waals surface area contributed by atoms with Crippen LogP contribution in [0.15, 0.2) is 48.8 Å². The molecule has 4 nitrogen and oxygen atoms in total. The normalized spacial score (nSPS) is 10.5. The van der Waals surface area contributed by atoms with Crippen molar-refractivity contribution >= 4 is 34.5 Å². The first kappa shape index (κ1) is 15.6. The molecule has 0 spiro atoms. The number of rotatable bonds is 4. The predicted molar refractivity (Wildman–Crippen MR) is 93.9 cm³/mol. The highest BCUT2D eigenvalue weighted by Crippen LogP contribution is 2.33. The summed E-state index contributed by atoms with van der Waals surface area (Å²) in [7, 11) is 0. The van der Waals surface area contributed by atoms with Crippen LogP contribution in [0.4, 0.5) is 5.69 Å². The first-order valence-corrected chi connectivity index (χ1v) is 8.23. The summed E-state index contributed by atoms with van der Waals surface area (Å²) in [6.45, 7) is 1.91. The van der Waals surface area contributed by atoms with E-state index < -0.39 is 0 Å². The zero-order chi connectivity index (χ0) is 16.2. The molecule has 0 saturated heterocycles. The molecule has 0 saturated carbocycles. The molecule has 6 heteroatoms. The van der Waals surface area contributed by atoms with E-state index in [9.17, 15) is 4.79 Å². The third-order valence-electron chi connectivity index (χ3n) is 3.23. The summed E-state index contributed by atoms with van der Waals surface area (Å²) in [5.41, 5.74) is 3.20. The Labute approximate surface area is 143 Å². The molecule has 0 aliphatic carbocycles. The highest BCUT2D eigenvalue weighted by molar-refractivity contribution is 7.19. The van der Waals surface area contributed by atoms with Crippen LogP contribution in [-0.4, -0.2) is 15.9 Å². The topological polar surface area (TPSA) is 54.9 Å². The van der Waals surface area contributed by atoms with Gasteiger partial charge >= 0.3 is 0 Å². The van der Waals surface area contributed by atoms with E-state index in [4.69, 9.17) is 11.6 Å². The quantitative estimate of drug-likeness (QED) is 0.766. The Morgan fingerprint density at radius 3 is 2.78 bits per heavy atom. The highest BCUT2D eigenvalue weighted by Gasteiger charge is 2.12.